The van der Waals surface area contributed by atoms with Crippen LogP contribution in [0.5, 0.6) is 0 Å². The van der Waals surface area contributed by atoms with Gasteiger partial charge in [-0.3, -0.25) is 9.69 Å². The van der Waals surface area contributed by atoms with Crippen LogP contribution in [0.3, 0.4) is 0 Å². The number of hydrogen-bond donors (Lipinski definition) is 3. The van der Waals surface area contributed by atoms with E-state index in [0.717, 1.165) is 5.56 Å². The van der Waals surface area contributed by atoms with Crippen LogP contribution in [0.1, 0.15) is 19.4 Å². The van der Waals surface area contributed by atoms with E-state index in [1.807, 2.05) is 17.0 Å². The van der Waals surface area contributed by atoms with Crippen LogP contribution in [0.15, 0.2) is 24.3 Å². The molecule has 0 fully saturated rings. The number of benzene rings is 1. The Labute approximate surface area is 136 Å². The Bertz CT molecular complexity index is 475. The molecule has 0 aliphatic heterocycles. The van der Waals surface area contributed by atoms with Gasteiger partial charge in [0.2, 0.25) is 5.91 Å². The number of rotatable bonds is 8. The smallest absolute Gasteiger partial charge is 0.237 e. The third-order valence-electron chi connectivity index (χ3n) is 3.82. The van der Waals surface area contributed by atoms with Crippen LogP contribution in [0.25, 0.3) is 0 Å². The van der Waals surface area contributed by atoms with Crippen LogP contribution in [-0.4, -0.2) is 53.9 Å². The van der Waals surface area contributed by atoms with Crippen LogP contribution in [0.2, 0.25) is 5.02 Å². The quantitative estimate of drug-likeness (QED) is 0.672. The molecule has 1 aromatic carbocycles. The van der Waals surface area contributed by atoms with E-state index in [4.69, 9.17) is 11.6 Å². The van der Waals surface area contributed by atoms with E-state index in [0.29, 0.717) is 18.1 Å². The highest BCUT2D eigenvalue weighted by atomic mass is 35.5. The molecule has 0 bridgehead atoms. The molecule has 5 nitrogen and oxygen atoms in total. The topological polar surface area (TPSA) is 72.8 Å². The van der Waals surface area contributed by atoms with Crippen LogP contribution >= 0.6 is 11.6 Å². The standard InChI is InChI=1S/C16H25ClN2O3/c1-12(19(3)9-16(2,10-20)11-21)15(22)18-8-13-4-6-14(17)7-5-13/h4-7,12,20-21H,8-11H2,1-3H3,(H,18,22). The number of hydrogen-bond acceptors (Lipinski definition) is 4. The number of likely N-dealkylation sites (N-methyl/N-ethyl adjacent to an activating group) is 1. The van der Waals surface area contributed by atoms with Crippen molar-refractivity contribution in [2.45, 2.75) is 26.4 Å². The summed E-state index contributed by atoms with van der Waals surface area (Å²) in [4.78, 5) is 14.0. The third kappa shape index (κ3) is 5.57. The van der Waals surface area contributed by atoms with Crippen LogP contribution in [-0.2, 0) is 11.3 Å². The molecule has 1 rings (SSSR count). The summed E-state index contributed by atoms with van der Waals surface area (Å²) < 4.78 is 0. The molecule has 0 heterocycles. The van der Waals surface area contributed by atoms with Crippen LogP contribution in [0.4, 0.5) is 0 Å². The average molecular weight is 329 g/mol. The molecule has 124 valence electrons. The number of aliphatic hydroxyl groups is 2. The number of carbonyl (C=O) groups excluding carboxylic acids is 1. The third-order valence-corrected chi connectivity index (χ3v) is 4.07. The predicted octanol–water partition coefficient (Wildman–Crippen LogP) is 1.27. The summed E-state index contributed by atoms with van der Waals surface area (Å²) >= 11 is 5.82. The zero-order valence-corrected chi connectivity index (χ0v) is 14.1. The maximum Gasteiger partial charge on any atom is 0.237 e. The Hall–Kier alpha value is -1.14. The minimum atomic E-state index is -0.626. The number of carbonyl (C=O) groups is 1. The van der Waals surface area contributed by atoms with Crippen molar-refractivity contribution in [2.75, 3.05) is 26.8 Å². The van der Waals surface area contributed by atoms with Gasteiger partial charge in [0.1, 0.15) is 0 Å². The first kappa shape index (κ1) is 18.9. The molecule has 0 saturated heterocycles. The van der Waals surface area contributed by atoms with Gasteiger partial charge < -0.3 is 15.5 Å². The molecule has 0 spiro atoms. The molecule has 0 saturated carbocycles. The molecule has 0 aliphatic carbocycles. The van der Waals surface area contributed by atoms with Crippen molar-refractivity contribution in [3.8, 4) is 0 Å². The highest BCUT2D eigenvalue weighted by Gasteiger charge is 2.28. The van der Waals surface area contributed by atoms with Crippen molar-refractivity contribution in [1.82, 2.24) is 10.2 Å². The lowest BCUT2D eigenvalue weighted by Crippen LogP contribution is -2.48. The first-order chi connectivity index (χ1) is 10.3. The zero-order valence-electron chi connectivity index (χ0n) is 13.3. The van der Waals surface area contributed by atoms with Crippen molar-refractivity contribution >= 4 is 17.5 Å². The number of halogens is 1. The van der Waals surface area contributed by atoms with E-state index in [1.54, 1.807) is 33.0 Å². The van der Waals surface area contributed by atoms with E-state index in [2.05, 4.69) is 5.32 Å². The second kappa shape index (κ2) is 8.48. The predicted molar refractivity (Wildman–Crippen MR) is 87.7 cm³/mol. The number of nitrogens with zero attached hydrogens (tertiary/aromatic N) is 1. The monoisotopic (exact) mass is 328 g/mol. The molecular formula is C16H25ClN2O3. The summed E-state index contributed by atoms with van der Waals surface area (Å²) in [6, 6.07) is 6.95. The normalized spacial score (nSPS) is 13.2. The summed E-state index contributed by atoms with van der Waals surface area (Å²) in [5.41, 5.74) is 0.350. The molecule has 1 amide bonds. The molecule has 0 radical (unpaired) electrons. The lowest BCUT2D eigenvalue weighted by molar-refractivity contribution is -0.126. The maximum atomic E-state index is 12.2. The average Bonchev–Trinajstić information content (AvgIpc) is 2.53. The van der Waals surface area contributed by atoms with Gasteiger partial charge in [-0.1, -0.05) is 30.7 Å². The maximum absolute atomic E-state index is 12.2. The largest absolute Gasteiger partial charge is 0.396 e. The minimum absolute atomic E-state index is 0.101. The van der Waals surface area contributed by atoms with Gasteiger partial charge in [-0.05, 0) is 31.7 Å². The van der Waals surface area contributed by atoms with E-state index >= 15 is 0 Å². The van der Waals surface area contributed by atoms with Gasteiger partial charge in [0, 0.05) is 23.5 Å². The molecular weight excluding hydrogens is 304 g/mol. The Morgan fingerprint density at radius 2 is 1.86 bits per heavy atom. The molecule has 1 atom stereocenters. The van der Waals surface area contributed by atoms with Gasteiger partial charge in [-0.2, -0.15) is 0 Å². The van der Waals surface area contributed by atoms with Crippen molar-refractivity contribution in [1.29, 1.82) is 0 Å². The van der Waals surface area contributed by atoms with Gasteiger partial charge >= 0.3 is 0 Å². The summed E-state index contributed by atoms with van der Waals surface area (Å²) in [6.45, 7) is 4.18. The summed E-state index contributed by atoms with van der Waals surface area (Å²) in [5, 5.41) is 22.2. The molecule has 6 heteroatoms. The van der Waals surface area contributed by atoms with Crippen LogP contribution in [0, 0.1) is 5.41 Å². The lowest BCUT2D eigenvalue weighted by Gasteiger charge is -2.33. The first-order valence-corrected chi connectivity index (χ1v) is 7.63. The number of nitrogens with one attached hydrogen (secondary N) is 1. The Kier molecular flexibility index (Phi) is 7.29. The van der Waals surface area contributed by atoms with Gasteiger partial charge in [0.05, 0.1) is 19.3 Å². The zero-order chi connectivity index (χ0) is 16.8. The SMILES string of the molecule is CC(C(=O)NCc1ccc(Cl)cc1)N(C)CC(C)(CO)CO. The number of aliphatic hydroxyl groups excluding tert-OH is 2. The molecule has 0 aliphatic rings. The molecule has 0 aromatic heterocycles. The van der Waals surface area contributed by atoms with Gasteiger partial charge in [-0.15, -0.1) is 0 Å². The van der Waals surface area contributed by atoms with Crippen molar-refractivity contribution in [3.05, 3.63) is 34.9 Å². The van der Waals surface area contributed by atoms with Crippen molar-refractivity contribution in [2.24, 2.45) is 5.41 Å². The molecule has 3 N–H and O–H groups in total. The summed E-state index contributed by atoms with van der Waals surface area (Å²) in [6.07, 6.45) is 0. The fourth-order valence-electron chi connectivity index (χ4n) is 2.03. The second-order valence-corrected chi connectivity index (χ2v) is 6.50. The fourth-order valence-corrected chi connectivity index (χ4v) is 2.15. The van der Waals surface area contributed by atoms with Crippen LogP contribution < -0.4 is 5.32 Å². The number of amides is 1. The van der Waals surface area contributed by atoms with Gasteiger partial charge in [0.15, 0.2) is 0 Å². The lowest BCUT2D eigenvalue weighted by atomic mass is 9.92. The second-order valence-electron chi connectivity index (χ2n) is 6.06. The Balaban J connectivity index is 2.51. The first-order valence-electron chi connectivity index (χ1n) is 7.25. The van der Waals surface area contributed by atoms with Gasteiger partial charge in [0.25, 0.3) is 0 Å². The highest BCUT2D eigenvalue weighted by Crippen LogP contribution is 2.17. The summed E-state index contributed by atoms with van der Waals surface area (Å²) in [7, 11) is 1.80. The minimum Gasteiger partial charge on any atom is -0.396 e. The van der Waals surface area contributed by atoms with E-state index in [-0.39, 0.29) is 25.2 Å². The molecule has 1 aromatic rings. The van der Waals surface area contributed by atoms with Crippen molar-refractivity contribution in [3.63, 3.8) is 0 Å². The fraction of sp³-hybridized carbons (Fsp3) is 0.562. The van der Waals surface area contributed by atoms with E-state index in [9.17, 15) is 15.0 Å². The molecule has 22 heavy (non-hydrogen) atoms. The molecule has 1 unspecified atom stereocenters. The van der Waals surface area contributed by atoms with E-state index in [1.165, 1.54) is 0 Å². The van der Waals surface area contributed by atoms with Crippen molar-refractivity contribution < 1.29 is 15.0 Å². The summed E-state index contributed by atoms with van der Waals surface area (Å²) in [5.74, 6) is -0.101. The Morgan fingerprint density at radius 1 is 1.32 bits per heavy atom. The highest BCUT2D eigenvalue weighted by molar-refractivity contribution is 6.30. The Morgan fingerprint density at radius 3 is 2.36 bits per heavy atom. The van der Waals surface area contributed by atoms with Gasteiger partial charge in [-0.25, -0.2) is 0 Å². The van der Waals surface area contributed by atoms with E-state index < -0.39 is 5.41 Å².